The Morgan fingerprint density at radius 1 is 1.21 bits per heavy atom. The monoisotopic (exact) mass is 204 g/mol. The molecule has 0 heterocycles. The second-order valence-corrected chi connectivity index (χ2v) is 3.10. The molecule has 0 saturated carbocycles. The van der Waals surface area contributed by atoms with Gasteiger partial charge in [0.25, 0.3) is 0 Å². The third-order valence-electron chi connectivity index (χ3n) is 1.61. The van der Waals surface area contributed by atoms with Crippen LogP contribution < -0.4 is 0 Å². The molecule has 0 atom stereocenters. The summed E-state index contributed by atoms with van der Waals surface area (Å²) < 4.78 is 10.7. The number of hydrogen-bond donors (Lipinski definition) is 1. The zero-order chi connectivity index (χ0) is 10.8. The molecule has 14 heavy (non-hydrogen) atoms. The molecule has 0 aromatic rings. The molecule has 0 bridgehead atoms. The maximum absolute atomic E-state index is 10.3. The summed E-state index contributed by atoms with van der Waals surface area (Å²) in [6.45, 7) is 5.25. The first-order valence-electron chi connectivity index (χ1n) is 5.15. The van der Waals surface area contributed by atoms with E-state index in [4.69, 9.17) is 14.6 Å². The van der Waals surface area contributed by atoms with E-state index in [1.54, 1.807) is 0 Å². The third kappa shape index (κ3) is 8.01. The molecular formula is C10H20O4. The fraction of sp³-hybridized carbons (Fsp3) is 0.900. The van der Waals surface area contributed by atoms with Crippen LogP contribution in [-0.4, -0.2) is 30.6 Å². The van der Waals surface area contributed by atoms with Gasteiger partial charge in [0.1, 0.15) is 0 Å². The van der Waals surface area contributed by atoms with Crippen molar-refractivity contribution < 1.29 is 19.4 Å². The van der Waals surface area contributed by atoms with Crippen LogP contribution in [0.15, 0.2) is 0 Å². The minimum Gasteiger partial charge on any atom is -0.481 e. The van der Waals surface area contributed by atoms with E-state index in [1.165, 1.54) is 0 Å². The summed E-state index contributed by atoms with van der Waals surface area (Å²) in [6, 6.07) is 0. The predicted molar refractivity (Wildman–Crippen MR) is 53.1 cm³/mol. The lowest BCUT2D eigenvalue weighted by molar-refractivity contribution is -0.155. The Balaban J connectivity index is 3.65. The molecule has 4 heteroatoms. The Bertz CT molecular complexity index is 139. The van der Waals surface area contributed by atoms with Gasteiger partial charge in [0, 0.05) is 19.6 Å². The first-order chi connectivity index (χ1) is 6.70. The summed E-state index contributed by atoms with van der Waals surface area (Å²) in [5.74, 6) is -0.810. The average Bonchev–Trinajstić information content (AvgIpc) is 2.16. The molecular weight excluding hydrogens is 184 g/mol. The third-order valence-corrected chi connectivity index (χ3v) is 1.61. The lowest BCUT2D eigenvalue weighted by Crippen LogP contribution is -2.19. The molecule has 0 amide bonds. The van der Waals surface area contributed by atoms with Crippen molar-refractivity contribution >= 4 is 5.97 Å². The Kier molecular flexibility index (Phi) is 8.57. The van der Waals surface area contributed by atoms with Gasteiger partial charge in [-0.05, 0) is 12.8 Å². The maximum atomic E-state index is 10.3. The van der Waals surface area contributed by atoms with Crippen molar-refractivity contribution in [3.8, 4) is 0 Å². The number of carboxylic acid groups (broad SMARTS) is 1. The molecule has 0 aliphatic rings. The molecule has 0 aromatic carbocycles. The molecule has 4 nitrogen and oxygen atoms in total. The quantitative estimate of drug-likeness (QED) is 0.584. The van der Waals surface area contributed by atoms with Crippen molar-refractivity contribution in [2.24, 2.45) is 0 Å². The molecule has 0 rings (SSSR count). The average molecular weight is 204 g/mol. The van der Waals surface area contributed by atoms with E-state index in [0.29, 0.717) is 19.6 Å². The van der Waals surface area contributed by atoms with Gasteiger partial charge in [-0.3, -0.25) is 4.79 Å². The van der Waals surface area contributed by atoms with Gasteiger partial charge in [-0.15, -0.1) is 0 Å². The van der Waals surface area contributed by atoms with Crippen LogP contribution in [0.3, 0.4) is 0 Å². The zero-order valence-electron chi connectivity index (χ0n) is 8.99. The first kappa shape index (κ1) is 13.4. The van der Waals surface area contributed by atoms with E-state index in [9.17, 15) is 4.79 Å². The summed E-state index contributed by atoms with van der Waals surface area (Å²) in [5.41, 5.74) is 0. The fourth-order valence-corrected chi connectivity index (χ4v) is 0.955. The number of aliphatic carboxylic acids is 1. The van der Waals surface area contributed by atoms with Gasteiger partial charge < -0.3 is 14.6 Å². The van der Waals surface area contributed by atoms with Crippen LogP contribution in [0, 0.1) is 0 Å². The van der Waals surface area contributed by atoms with Crippen molar-refractivity contribution in [3.05, 3.63) is 0 Å². The van der Waals surface area contributed by atoms with Gasteiger partial charge in [-0.25, -0.2) is 0 Å². The number of ether oxygens (including phenoxy) is 2. The van der Waals surface area contributed by atoms with Crippen LogP contribution in [0.5, 0.6) is 0 Å². The Morgan fingerprint density at radius 2 is 1.71 bits per heavy atom. The molecule has 84 valence electrons. The van der Waals surface area contributed by atoms with Crippen molar-refractivity contribution in [1.82, 2.24) is 0 Å². The highest BCUT2D eigenvalue weighted by atomic mass is 16.7. The summed E-state index contributed by atoms with van der Waals surface area (Å²) >= 11 is 0. The minimum atomic E-state index is -0.810. The summed E-state index contributed by atoms with van der Waals surface area (Å²) in [6.07, 6.45) is 2.00. The van der Waals surface area contributed by atoms with Gasteiger partial charge in [-0.1, -0.05) is 13.8 Å². The molecule has 0 saturated heterocycles. The van der Waals surface area contributed by atoms with Crippen molar-refractivity contribution in [2.45, 2.75) is 45.8 Å². The van der Waals surface area contributed by atoms with E-state index >= 15 is 0 Å². The van der Waals surface area contributed by atoms with Crippen molar-refractivity contribution in [1.29, 1.82) is 0 Å². The number of rotatable bonds is 9. The molecule has 0 aliphatic heterocycles. The van der Waals surface area contributed by atoms with Gasteiger partial charge in [0.05, 0.1) is 6.42 Å². The molecule has 0 aliphatic carbocycles. The highest BCUT2D eigenvalue weighted by Crippen LogP contribution is 2.05. The van der Waals surface area contributed by atoms with Crippen molar-refractivity contribution in [3.63, 3.8) is 0 Å². The summed E-state index contributed by atoms with van der Waals surface area (Å²) in [4.78, 5) is 10.3. The number of carboxylic acids is 1. The number of carbonyl (C=O) groups is 1. The molecule has 0 radical (unpaired) electrons. The Morgan fingerprint density at radius 3 is 2.07 bits per heavy atom. The van der Waals surface area contributed by atoms with Gasteiger partial charge >= 0.3 is 5.97 Å². The highest BCUT2D eigenvalue weighted by molar-refractivity contribution is 5.66. The van der Waals surface area contributed by atoms with Crippen molar-refractivity contribution in [2.75, 3.05) is 13.2 Å². The van der Waals surface area contributed by atoms with E-state index in [-0.39, 0.29) is 12.7 Å². The topological polar surface area (TPSA) is 55.8 Å². The predicted octanol–water partition coefficient (Wildman–Crippen LogP) is 2.03. The first-order valence-corrected chi connectivity index (χ1v) is 5.15. The standard InChI is InChI=1S/C10H20O4/c1-3-7-13-10(14-8-4-2)6-5-9(11)12/h10H,3-8H2,1-2H3,(H,11,12). The van der Waals surface area contributed by atoms with E-state index in [0.717, 1.165) is 12.8 Å². The Hall–Kier alpha value is -0.610. The maximum Gasteiger partial charge on any atom is 0.303 e. The molecule has 0 spiro atoms. The lowest BCUT2D eigenvalue weighted by atomic mass is 10.3. The SMILES string of the molecule is CCCOC(CCC(=O)O)OCCC. The summed E-state index contributed by atoms with van der Waals surface area (Å²) in [7, 11) is 0. The number of hydrogen-bond acceptors (Lipinski definition) is 3. The molecule has 0 fully saturated rings. The van der Waals surface area contributed by atoms with Gasteiger partial charge in [0.15, 0.2) is 6.29 Å². The van der Waals surface area contributed by atoms with Crippen LogP contribution in [0.1, 0.15) is 39.5 Å². The van der Waals surface area contributed by atoms with E-state index in [2.05, 4.69) is 0 Å². The largest absolute Gasteiger partial charge is 0.481 e. The van der Waals surface area contributed by atoms with Crippen LogP contribution in [0.2, 0.25) is 0 Å². The van der Waals surface area contributed by atoms with Crippen LogP contribution in [0.25, 0.3) is 0 Å². The lowest BCUT2D eigenvalue weighted by Gasteiger charge is -2.16. The van der Waals surface area contributed by atoms with Crippen LogP contribution in [-0.2, 0) is 14.3 Å². The fourth-order valence-electron chi connectivity index (χ4n) is 0.955. The highest BCUT2D eigenvalue weighted by Gasteiger charge is 2.10. The molecule has 1 N–H and O–H groups in total. The van der Waals surface area contributed by atoms with Crippen LogP contribution in [0.4, 0.5) is 0 Å². The Labute approximate surface area is 85.2 Å². The van der Waals surface area contributed by atoms with Gasteiger partial charge in [0.2, 0.25) is 0 Å². The second-order valence-electron chi connectivity index (χ2n) is 3.10. The molecule has 0 unspecified atom stereocenters. The molecule has 0 aromatic heterocycles. The van der Waals surface area contributed by atoms with E-state index in [1.807, 2.05) is 13.8 Å². The zero-order valence-corrected chi connectivity index (χ0v) is 8.99. The minimum absolute atomic E-state index is 0.0953. The smallest absolute Gasteiger partial charge is 0.303 e. The van der Waals surface area contributed by atoms with Crippen LogP contribution >= 0.6 is 0 Å². The second kappa shape index (κ2) is 8.97. The normalized spacial score (nSPS) is 10.8. The van der Waals surface area contributed by atoms with Gasteiger partial charge in [-0.2, -0.15) is 0 Å². The van der Waals surface area contributed by atoms with E-state index < -0.39 is 5.97 Å². The summed E-state index contributed by atoms with van der Waals surface area (Å²) in [5, 5.41) is 8.50.